The highest BCUT2D eigenvalue weighted by molar-refractivity contribution is 5.78. The molecule has 0 aliphatic heterocycles. The molecule has 0 fully saturated rings. The molecule has 0 aliphatic carbocycles. The molecule has 0 saturated heterocycles. The highest BCUT2D eigenvalue weighted by Gasteiger charge is 2.32. The van der Waals surface area contributed by atoms with Crippen LogP contribution in [0.5, 0.6) is 0 Å². The third-order valence-electron chi connectivity index (χ3n) is 3.15. The Kier molecular flexibility index (Phi) is 6.72. The smallest absolute Gasteiger partial charge is 0.323 e. The average molecular weight is 244 g/mol. The Morgan fingerprint density at radius 3 is 2.24 bits per heavy atom. The summed E-state index contributed by atoms with van der Waals surface area (Å²) in [4.78, 5) is 13.5. The molecule has 0 aromatic carbocycles. The minimum absolute atomic E-state index is 0.180. The van der Waals surface area contributed by atoms with Crippen LogP contribution in [0.15, 0.2) is 0 Å². The van der Waals surface area contributed by atoms with E-state index in [4.69, 9.17) is 0 Å². The highest BCUT2D eigenvalue weighted by Crippen LogP contribution is 2.14. The van der Waals surface area contributed by atoms with Gasteiger partial charge in [0.25, 0.3) is 0 Å². The summed E-state index contributed by atoms with van der Waals surface area (Å²) in [5, 5.41) is 12.4. The van der Waals surface area contributed by atoms with Gasteiger partial charge >= 0.3 is 5.97 Å². The molecule has 0 heterocycles. The van der Waals surface area contributed by atoms with Crippen LogP contribution in [-0.4, -0.2) is 47.2 Å². The largest absolute Gasteiger partial charge is 0.480 e. The minimum Gasteiger partial charge on any atom is -0.480 e. The van der Waals surface area contributed by atoms with Crippen LogP contribution in [0.25, 0.3) is 0 Å². The van der Waals surface area contributed by atoms with Crippen molar-refractivity contribution < 1.29 is 9.90 Å². The van der Waals surface area contributed by atoms with Crippen molar-refractivity contribution in [2.75, 3.05) is 13.6 Å². The molecule has 2 N–H and O–H groups in total. The maximum absolute atomic E-state index is 11.3. The first kappa shape index (κ1) is 16.4. The average Bonchev–Trinajstić information content (AvgIpc) is 2.15. The minimum atomic E-state index is -0.814. The summed E-state index contributed by atoms with van der Waals surface area (Å²) >= 11 is 0. The van der Waals surface area contributed by atoms with E-state index >= 15 is 0 Å². The van der Waals surface area contributed by atoms with Crippen molar-refractivity contribution in [1.82, 2.24) is 10.2 Å². The summed E-state index contributed by atoms with van der Waals surface area (Å²) in [5.41, 5.74) is -0.814. The highest BCUT2D eigenvalue weighted by atomic mass is 16.4. The van der Waals surface area contributed by atoms with E-state index in [-0.39, 0.29) is 6.04 Å². The molecule has 0 spiro atoms. The summed E-state index contributed by atoms with van der Waals surface area (Å²) in [6, 6.07) is 0.683. The van der Waals surface area contributed by atoms with Gasteiger partial charge in [-0.3, -0.25) is 10.1 Å². The topological polar surface area (TPSA) is 52.6 Å². The molecule has 0 aromatic rings. The van der Waals surface area contributed by atoms with Gasteiger partial charge in [-0.25, -0.2) is 0 Å². The van der Waals surface area contributed by atoms with Crippen LogP contribution in [0.3, 0.4) is 0 Å². The van der Waals surface area contributed by atoms with Gasteiger partial charge in [0.1, 0.15) is 5.54 Å². The molecular weight excluding hydrogens is 216 g/mol. The second kappa shape index (κ2) is 6.97. The van der Waals surface area contributed by atoms with Crippen molar-refractivity contribution in [3.05, 3.63) is 0 Å². The van der Waals surface area contributed by atoms with Crippen LogP contribution < -0.4 is 5.32 Å². The summed E-state index contributed by atoms with van der Waals surface area (Å²) < 4.78 is 0. The van der Waals surface area contributed by atoms with Crippen LogP contribution >= 0.6 is 0 Å². The van der Waals surface area contributed by atoms with E-state index in [1.807, 2.05) is 13.8 Å². The molecule has 4 nitrogen and oxygen atoms in total. The second-order valence-corrected chi connectivity index (χ2v) is 5.61. The fourth-order valence-corrected chi connectivity index (χ4v) is 1.82. The zero-order valence-corrected chi connectivity index (χ0v) is 12.1. The van der Waals surface area contributed by atoms with Gasteiger partial charge in [-0.05, 0) is 61.1 Å². The Balaban J connectivity index is 4.23. The zero-order valence-electron chi connectivity index (χ0n) is 12.1. The first-order valence-electron chi connectivity index (χ1n) is 6.40. The van der Waals surface area contributed by atoms with Crippen molar-refractivity contribution in [3.8, 4) is 0 Å². The van der Waals surface area contributed by atoms with Crippen LogP contribution in [0, 0.1) is 0 Å². The Bertz CT molecular complexity index is 242. The standard InChI is InChI=1S/C13H28N2O2/c1-10(2)14-13(5,12(16)17)8-7-9-15(6)11(3)4/h10-11,14H,7-9H2,1-6H3,(H,16,17). The molecule has 0 radical (unpaired) electrons. The maximum Gasteiger partial charge on any atom is 0.323 e. The maximum atomic E-state index is 11.3. The van der Waals surface area contributed by atoms with E-state index in [9.17, 15) is 9.90 Å². The summed E-state index contributed by atoms with van der Waals surface area (Å²) in [5.74, 6) is -0.765. The number of aliphatic carboxylic acids is 1. The van der Waals surface area contributed by atoms with Crippen molar-refractivity contribution in [2.45, 2.75) is 65.1 Å². The van der Waals surface area contributed by atoms with Gasteiger partial charge in [0, 0.05) is 12.1 Å². The number of carboxylic acid groups (broad SMARTS) is 1. The van der Waals surface area contributed by atoms with E-state index in [1.165, 1.54) is 0 Å². The van der Waals surface area contributed by atoms with Crippen LogP contribution in [0.2, 0.25) is 0 Å². The van der Waals surface area contributed by atoms with E-state index in [0.717, 1.165) is 13.0 Å². The van der Waals surface area contributed by atoms with Crippen LogP contribution in [0.1, 0.15) is 47.5 Å². The van der Waals surface area contributed by atoms with Gasteiger partial charge in [0.05, 0.1) is 0 Å². The van der Waals surface area contributed by atoms with Crippen molar-refractivity contribution >= 4 is 5.97 Å². The lowest BCUT2D eigenvalue weighted by Crippen LogP contribution is -2.52. The number of hydrogen-bond acceptors (Lipinski definition) is 3. The van der Waals surface area contributed by atoms with Crippen molar-refractivity contribution in [2.24, 2.45) is 0 Å². The molecule has 1 atom stereocenters. The number of carbonyl (C=O) groups is 1. The molecular formula is C13H28N2O2. The first-order chi connectivity index (χ1) is 7.69. The summed E-state index contributed by atoms with van der Waals surface area (Å²) in [6.45, 7) is 10.9. The lowest BCUT2D eigenvalue weighted by Gasteiger charge is -2.30. The zero-order chi connectivity index (χ0) is 13.6. The molecule has 0 aromatic heterocycles. The number of carboxylic acids is 1. The molecule has 0 aliphatic rings. The molecule has 0 bridgehead atoms. The SMILES string of the molecule is CC(C)NC(C)(CCCN(C)C(C)C)C(=O)O. The fourth-order valence-electron chi connectivity index (χ4n) is 1.82. The van der Waals surface area contributed by atoms with Gasteiger partial charge < -0.3 is 10.0 Å². The Hall–Kier alpha value is -0.610. The molecule has 1 unspecified atom stereocenters. The van der Waals surface area contributed by atoms with Crippen molar-refractivity contribution in [3.63, 3.8) is 0 Å². The normalized spacial score (nSPS) is 15.6. The summed E-state index contributed by atoms with van der Waals surface area (Å²) in [6.07, 6.45) is 1.54. The fraction of sp³-hybridized carbons (Fsp3) is 0.923. The molecule has 0 saturated carbocycles. The Morgan fingerprint density at radius 1 is 1.35 bits per heavy atom. The quantitative estimate of drug-likeness (QED) is 0.685. The molecule has 0 amide bonds. The van der Waals surface area contributed by atoms with Crippen LogP contribution in [0.4, 0.5) is 0 Å². The van der Waals surface area contributed by atoms with Gasteiger partial charge in [0.15, 0.2) is 0 Å². The van der Waals surface area contributed by atoms with E-state index < -0.39 is 11.5 Å². The monoisotopic (exact) mass is 244 g/mol. The lowest BCUT2D eigenvalue weighted by molar-refractivity contribution is -0.144. The second-order valence-electron chi connectivity index (χ2n) is 5.61. The number of nitrogens with zero attached hydrogens (tertiary/aromatic N) is 1. The lowest BCUT2D eigenvalue weighted by atomic mass is 9.94. The van der Waals surface area contributed by atoms with Gasteiger partial charge in [-0.2, -0.15) is 0 Å². The molecule has 4 heteroatoms. The summed E-state index contributed by atoms with van der Waals surface area (Å²) in [7, 11) is 2.07. The predicted octanol–water partition coefficient (Wildman–Crippen LogP) is 1.95. The van der Waals surface area contributed by atoms with Gasteiger partial charge in [0.2, 0.25) is 0 Å². The van der Waals surface area contributed by atoms with Crippen molar-refractivity contribution in [1.29, 1.82) is 0 Å². The number of nitrogens with one attached hydrogen (secondary N) is 1. The number of rotatable bonds is 8. The van der Waals surface area contributed by atoms with Gasteiger partial charge in [-0.1, -0.05) is 0 Å². The third-order valence-corrected chi connectivity index (χ3v) is 3.15. The van der Waals surface area contributed by atoms with E-state index in [1.54, 1.807) is 6.92 Å². The Morgan fingerprint density at radius 2 is 1.88 bits per heavy atom. The molecule has 17 heavy (non-hydrogen) atoms. The third kappa shape index (κ3) is 6.03. The van der Waals surface area contributed by atoms with E-state index in [2.05, 4.69) is 31.1 Å². The van der Waals surface area contributed by atoms with E-state index in [0.29, 0.717) is 12.5 Å². The first-order valence-corrected chi connectivity index (χ1v) is 6.40. The molecule has 102 valence electrons. The molecule has 0 rings (SSSR count). The van der Waals surface area contributed by atoms with Crippen LogP contribution in [-0.2, 0) is 4.79 Å². The Labute approximate surface area is 105 Å². The number of hydrogen-bond donors (Lipinski definition) is 2. The van der Waals surface area contributed by atoms with Gasteiger partial charge in [-0.15, -0.1) is 0 Å². The predicted molar refractivity (Wildman–Crippen MR) is 71.3 cm³/mol.